The van der Waals surface area contributed by atoms with Crippen LogP contribution in [-0.2, 0) is 16.2 Å². The van der Waals surface area contributed by atoms with E-state index < -0.39 is 0 Å². The lowest BCUT2D eigenvalue weighted by molar-refractivity contribution is 0.660. The summed E-state index contributed by atoms with van der Waals surface area (Å²) in [7, 11) is 0. The van der Waals surface area contributed by atoms with Gasteiger partial charge in [-0.2, -0.15) is 0 Å². The number of nitrogens with zero attached hydrogens (tertiary/aromatic N) is 1. The molecule has 7 aromatic rings. The standard InChI is InChI=1S/C51H43N/c1-49(2)43-24-15-12-21-38(43)47-44(49)25-16-26-46(47)52(33-27-28-37-35-19-10-13-22-41(35)50(3,4)45(37)31-33)34-29-39(32-17-8-7-9-18-32)48-40(30-34)36-20-11-14-23-42(36)51(48,5)6/h7-31H,1-6H3. The Morgan fingerprint density at radius 1 is 0.346 bits per heavy atom. The lowest BCUT2D eigenvalue weighted by Crippen LogP contribution is -2.18. The minimum Gasteiger partial charge on any atom is -0.310 e. The van der Waals surface area contributed by atoms with Gasteiger partial charge in [-0.15, -0.1) is 0 Å². The second-order valence-corrected chi connectivity index (χ2v) is 16.6. The maximum absolute atomic E-state index is 2.57. The van der Waals surface area contributed by atoms with Crippen molar-refractivity contribution in [1.29, 1.82) is 0 Å². The van der Waals surface area contributed by atoms with Crippen LogP contribution in [0.1, 0.15) is 74.9 Å². The molecule has 10 rings (SSSR count). The van der Waals surface area contributed by atoms with Crippen LogP contribution < -0.4 is 4.90 Å². The van der Waals surface area contributed by atoms with E-state index >= 15 is 0 Å². The van der Waals surface area contributed by atoms with Gasteiger partial charge in [-0.05, 0) is 103 Å². The topological polar surface area (TPSA) is 3.24 Å². The molecular formula is C51H43N. The van der Waals surface area contributed by atoms with Crippen LogP contribution in [0.4, 0.5) is 17.1 Å². The molecule has 0 heterocycles. The minimum absolute atomic E-state index is 0.106. The van der Waals surface area contributed by atoms with Gasteiger partial charge in [0.2, 0.25) is 0 Å². The van der Waals surface area contributed by atoms with Crippen molar-refractivity contribution in [2.24, 2.45) is 0 Å². The molecule has 252 valence electrons. The molecule has 0 spiro atoms. The molecule has 3 aliphatic carbocycles. The van der Waals surface area contributed by atoms with Crippen molar-refractivity contribution in [3.05, 3.63) is 185 Å². The van der Waals surface area contributed by atoms with Crippen LogP contribution in [0.3, 0.4) is 0 Å². The fourth-order valence-corrected chi connectivity index (χ4v) is 10.1. The van der Waals surface area contributed by atoms with E-state index in [-0.39, 0.29) is 16.2 Å². The van der Waals surface area contributed by atoms with Crippen LogP contribution in [0, 0.1) is 0 Å². The predicted octanol–water partition coefficient (Wildman–Crippen LogP) is 13.7. The largest absolute Gasteiger partial charge is 0.310 e. The fourth-order valence-electron chi connectivity index (χ4n) is 10.1. The van der Waals surface area contributed by atoms with Gasteiger partial charge in [-0.25, -0.2) is 0 Å². The third kappa shape index (κ3) is 4.11. The Labute approximate surface area is 308 Å². The average Bonchev–Trinajstić information content (AvgIpc) is 3.65. The van der Waals surface area contributed by atoms with Crippen molar-refractivity contribution in [3.63, 3.8) is 0 Å². The zero-order chi connectivity index (χ0) is 35.6. The Morgan fingerprint density at radius 3 is 1.58 bits per heavy atom. The molecule has 0 aromatic heterocycles. The molecule has 1 nitrogen and oxygen atoms in total. The minimum atomic E-state index is -0.138. The summed E-state index contributed by atoms with van der Waals surface area (Å²) in [4.78, 5) is 2.57. The first-order chi connectivity index (χ1) is 25.1. The highest BCUT2D eigenvalue weighted by molar-refractivity contribution is 5.99. The van der Waals surface area contributed by atoms with Gasteiger partial charge in [-0.3, -0.25) is 0 Å². The van der Waals surface area contributed by atoms with Crippen LogP contribution in [0.15, 0.2) is 152 Å². The van der Waals surface area contributed by atoms with E-state index in [0.29, 0.717) is 0 Å². The van der Waals surface area contributed by atoms with Gasteiger partial charge in [0.15, 0.2) is 0 Å². The van der Waals surface area contributed by atoms with E-state index in [2.05, 4.69) is 198 Å². The molecule has 0 fully saturated rings. The Morgan fingerprint density at radius 2 is 0.865 bits per heavy atom. The number of hydrogen-bond acceptors (Lipinski definition) is 1. The zero-order valence-electron chi connectivity index (χ0n) is 30.9. The Hall–Kier alpha value is -5.66. The van der Waals surface area contributed by atoms with Crippen molar-refractivity contribution in [1.82, 2.24) is 0 Å². The summed E-state index contributed by atoms with van der Waals surface area (Å²) < 4.78 is 0. The number of benzene rings is 7. The van der Waals surface area contributed by atoms with Crippen LogP contribution in [0.2, 0.25) is 0 Å². The lowest BCUT2D eigenvalue weighted by atomic mass is 9.78. The van der Waals surface area contributed by atoms with Crippen LogP contribution in [0.5, 0.6) is 0 Å². The van der Waals surface area contributed by atoms with E-state index in [1.54, 1.807) is 0 Å². The molecule has 52 heavy (non-hydrogen) atoms. The summed E-state index contributed by atoms with van der Waals surface area (Å²) in [5.41, 5.74) is 22.1. The summed E-state index contributed by atoms with van der Waals surface area (Å²) in [6.07, 6.45) is 0. The predicted molar refractivity (Wildman–Crippen MR) is 219 cm³/mol. The van der Waals surface area contributed by atoms with Gasteiger partial charge in [0, 0.05) is 33.2 Å². The second-order valence-electron chi connectivity index (χ2n) is 16.6. The number of rotatable bonds is 4. The van der Waals surface area contributed by atoms with E-state index in [9.17, 15) is 0 Å². The van der Waals surface area contributed by atoms with Gasteiger partial charge in [0.1, 0.15) is 0 Å². The molecule has 0 bridgehead atoms. The maximum Gasteiger partial charge on any atom is 0.0543 e. The first kappa shape index (κ1) is 31.1. The van der Waals surface area contributed by atoms with E-state index in [1.165, 1.54) is 95.0 Å². The molecule has 0 saturated heterocycles. The van der Waals surface area contributed by atoms with Crippen molar-refractivity contribution < 1.29 is 0 Å². The molecule has 0 atom stereocenters. The van der Waals surface area contributed by atoms with E-state index in [4.69, 9.17) is 0 Å². The SMILES string of the molecule is CC1(C)c2ccccc2-c2ccc(N(c3cc(-c4ccccc4)c4c(c3)-c3ccccc3C4(C)C)c3cccc4c3-c3ccccc3C4(C)C)cc21. The van der Waals surface area contributed by atoms with Gasteiger partial charge in [0.25, 0.3) is 0 Å². The molecule has 0 saturated carbocycles. The van der Waals surface area contributed by atoms with Gasteiger partial charge < -0.3 is 4.90 Å². The number of fused-ring (bicyclic) bond motifs is 9. The van der Waals surface area contributed by atoms with Crippen molar-refractivity contribution in [2.45, 2.75) is 57.8 Å². The van der Waals surface area contributed by atoms with Crippen molar-refractivity contribution in [3.8, 4) is 44.5 Å². The average molecular weight is 670 g/mol. The Balaban J connectivity index is 1.30. The number of hydrogen-bond donors (Lipinski definition) is 0. The summed E-state index contributed by atoms with van der Waals surface area (Å²) in [6.45, 7) is 14.3. The monoisotopic (exact) mass is 669 g/mol. The summed E-state index contributed by atoms with van der Waals surface area (Å²) in [6, 6.07) is 57.1. The van der Waals surface area contributed by atoms with Gasteiger partial charge in [0.05, 0.1) is 5.69 Å². The summed E-state index contributed by atoms with van der Waals surface area (Å²) in [5, 5.41) is 0. The van der Waals surface area contributed by atoms with Crippen LogP contribution in [0.25, 0.3) is 44.5 Å². The van der Waals surface area contributed by atoms with E-state index in [0.717, 1.165) is 0 Å². The molecule has 0 aliphatic heterocycles. The molecule has 3 aliphatic rings. The Bertz CT molecular complexity index is 2600. The first-order valence-corrected chi connectivity index (χ1v) is 18.7. The maximum atomic E-state index is 2.57. The van der Waals surface area contributed by atoms with Gasteiger partial charge >= 0.3 is 0 Å². The summed E-state index contributed by atoms with van der Waals surface area (Å²) >= 11 is 0. The normalized spacial score (nSPS) is 16.0. The first-order valence-electron chi connectivity index (χ1n) is 18.7. The highest BCUT2D eigenvalue weighted by Crippen LogP contribution is 2.58. The molecule has 1 heteroatoms. The third-order valence-corrected chi connectivity index (χ3v) is 12.6. The van der Waals surface area contributed by atoms with Gasteiger partial charge in [-0.1, -0.05) is 163 Å². The lowest BCUT2D eigenvalue weighted by Gasteiger charge is -2.32. The molecule has 0 unspecified atom stereocenters. The smallest absolute Gasteiger partial charge is 0.0543 e. The second kappa shape index (κ2) is 10.7. The molecule has 0 N–H and O–H groups in total. The van der Waals surface area contributed by atoms with E-state index in [1.807, 2.05) is 0 Å². The Kier molecular flexibility index (Phi) is 6.39. The van der Waals surface area contributed by atoms with Crippen molar-refractivity contribution in [2.75, 3.05) is 4.90 Å². The highest BCUT2D eigenvalue weighted by atomic mass is 15.1. The summed E-state index contributed by atoms with van der Waals surface area (Å²) in [5.74, 6) is 0. The molecule has 7 aromatic carbocycles. The molecular weight excluding hydrogens is 627 g/mol. The highest BCUT2D eigenvalue weighted by Gasteiger charge is 2.41. The van der Waals surface area contributed by atoms with Crippen molar-refractivity contribution >= 4 is 17.1 Å². The fraction of sp³-hybridized carbons (Fsp3) is 0.176. The third-order valence-electron chi connectivity index (χ3n) is 12.6. The van der Waals surface area contributed by atoms with Crippen LogP contribution in [-0.4, -0.2) is 0 Å². The number of anilines is 3. The zero-order valence-corrected chi connectivity index (χ0v) is 30.9. The quantitative estimate of drug-likeness (QED) is 0.180. The van der Waals surface area contributed by atoms with Crippen LogP contribution >= 0.6 is 0 Å². The molecule has 0 amide bonds. The molecule has 0 radical (unpaired) electrons.